The normalized spacial score (nSPS) is 12.8. The number of aliphatic hydroxyl groups excluding tert-OH is 1. The number of halogens is 4. The van der Waals surface area contributed by atoms with Gasteiger partial charge in [-0.2, -0.15) is 0 Å². The highest BCUT2D eigenvalue weighted by atomic mass is 79.9. The van der Waals surface area contributed by atoms with Crippen molar-refractivity contribution in [2.75, 3.05) is 0 Å². The van der Waals surface area contributed by atoms with Gasteiger partial charge in [0.05, 0.1) is 5.02 Å². The molecular formula is C11H6BrCl2FO2. The molecule has 0 aliphatic carbocycles. The van der Waals surface area contributed by atoms with Gasteiger partial charge in [0.25, 0.3) is 0 Å². The fraction of sp³-hybridized carbons (Fsp3) is 0.0909. The first-order chi connectivity index (χ1) is 7.99. The molecule has 0 fully saturated rings. The fourth-order valence-corrected chi connectivity index (χ4v) is 2.02. The van der Waals surface area contributed by atoms with Crippen molar-refractivity contribution in [3.8, 4) is 0 Å². The summed E-state index contributed by atoms with van der Waals surface area (Å²) in [4.78, 5) is 0. The van der Waals surface area contributed by atoms with Crippen molar-refractivity contribution < 1.29 is 13.9 Å². The van der Waals surface area contributed by atoms with E-state index in [0.717, 1.165) is 0 Å². The van der Waals surface area contributed by atoms with Crippen molar-refractivity contribution >= 4 is 39.1 Å². The van der Waals surface area contributed by atoms with Gasteiger partial charge >= 0.3 is 0 Å². The average Bonchev–Trinajstić information content (AvgIpc) is 2.69. The molecule has 2 nitrogen and oxygen atoms in total. The van der Waals surface area contributed by atoms with Crippen molar-refractivity contribution in [1.29, 1.82) is 0 Å². The van der Waals surface area contributed by atoms with Crippen LogP contribution in [-0.2, 0) is 0 Å². The largest absolute Gasteiger partial charge is 0.447 e. The quantitative estimate of drug-likeness (QED) is 0.813. The van der Waals surface area contributed by atoms with Crippen molar-refractivity contribution in [3.05, 3.63) is 56.1 Å². The maximum absolute atomic E-state index is 13.7. The number of aliphatic hydroxyl groups is 1. The van der Waals surface area contributed by atoms with Crippen LogP contribution in [0.15, 0.2) is 33.2 Å². The molecule has 1 N–H and O–H groups in total. The summed E-state index contributed by atoms with van der Waals surface area (Å²) in [5.74, 6) is -0.423. The third-order valence-electron chi connectivity index (χ3n) is 2.20. The molecule has 2 aromatic rings. The van der Waals surface area contributed by atoms with Gasteiger partial charge < -0.3 is 9.52 Å². The van der Waals surface area contributed by atoms with Gasteiger partial charge in [-0.15, -0.1) is 0 Å². The van der Waals surface area contributed by atoms with E-state index in [1.165, 1.54) is 24.3 Å². The first-order valence-corrected chi connectivity index (χ1v) is 6.11. The van der Waals surface area contributed by atoms with Gasteiger partial charge in [0, 0.05) is 10.0 Å². The second-order valence-electron chi connectivity index (χ2n) is 3.33. The SMILES string of the molecule is OC(c1ccc(Cl)o1)c1cc(Cl)c(Br)cc1F. The maximum Gasteiger partial charge on any atom is 0.193 e. The summed E-state index contributed by atoms with van der Waals surface area (Å²) in [6, 6.07) is 5.47. The molecule has 0 saturated carbocycles. The van der Waals surface area contributed by atoms with E-state index in [1.807, 2.05) is 0 Å². The summed E-state index contributed by atoms with van der Waals surface area (Å²) in [7, 11) is 0. The smallest absolute Gasteiger partial charge is 0.193 e. The Kier molecular flexibility index (Phi) is 3.78. The standard InChI is InChI=1S/C11H6BrCl2FO2/c12-6-4-8(15)5(3-7(6)13)11(16)9-1-2-10(14)17-9/h1-4,11,16H. The predicted octanol–water partition coefficient (Wildman–Crippen LogP) is 4.57. The Morgan fingerprint density at radius 3 is 2.59 bits per heavy atom. The van der Waals surface area contributed by atoms with E-state index >= 15 is 0 Å². The molecule has 1 aromatic heterocycles. The summed E-state index contributed by atoms with van der Waals surface area (Å²) >= 11 is 14.5. The van der Waals surface area contributed by atoms with Crippen molar-refractivity contribution in [1.82, 2.24) is 0 Å². The van der Waals surface area contributed by atoms with Crippen LogP contribution in [0.1, 0.15) is 17.4 Å². The third-order valence-corrected chi connectivity index (χ3v) is 3.60. The number of hydrogen-bond acceptors (Lipinski definition) is 2. The molecule has 0 aliphatic heterocycles. The second-order valence-corrected chi connectivity index (χ2v) is 4.97. The zero-order chi connectivity index (χ0) is 12.6. The monoisotopic (exact) mass is 338 g/mol. The summed E-state index contributed by atoms with van der Waals surface area (Å²) in [5, 5.41) is 10.4. The Morgan fingerprint density at radius 1 is 1.29 bits per heavy atom. The highest BCUT2D eigenvalue weighted by Gasteiger charge is 2.20. The van der Waals surface area contributed by atoms with Crippen LogP contribution in [0.2, 0.25) is 10.2 Å². The van der Waals surface area contributed by atoms with Crippen molar-refractivity contribution in [3.63, 3.8) is 0 Å². The van der Waals surface area contributed by atoms with Crippen LogP contribution in [0.4, 0.5) is 4.39 Å². The van der Waals surface area contributed by atoms with Crippen LogP contribution >= 0.6 is 39.1 Å². The lowest BCUT2D eigenvalue weighted by Crippen LogP contribution is -2.01. The molecule has 0 bridgehead atoms. The molecule has 1 aromatic carbocycles. The number of rotatable bonds is 2. The van der Waals surface area contributed by atoms with Crippen LogP contribution in [0.3, 0.4) is 0 Å². The Morgan fingerprint density at radius 2 is 2.00 bits per heavy atom. The highest BCUT2D eigenvalue weighted by molar-refractivity contribution is 9.10. The lowest BCUT2D eigenvalue weighted by molar-refractivity contribution is 0.185. The molecule has 1 atom stereocenters. The zero-order valence-corrected chi connectivity index (χ0v) is 11.4. The molecule has 0 radical (unpaired) electrons. The molecule has 6 heteroatoms. The molecule has 17 heavy (non-hydrogen) atoms. The topological polar surface area (TPSA) is 33.4 Å². The van der Waals surface area contributed by atoms with E-state index in [9.17, 15) is 9.50 Å². The van der Waals surface area contributed by atoms with Gasteiger partial charge in [-0.05, 0) is 51.8 Å². The average molecular weight is 340 g/mol. The minimum atomic E-state index is -1.24. The van der Waals surface area contributed by atoms with E-state index in [4.69, 9.17) is 27.6 Å². The number of hydrogen-bond donors (Lipinski definition) is 1. The lowest BCUT2D eigenvalue weighted by atomic mass is 10.1. The van der Waals surface area contributed by atoms with Crippen LogP contribution in [0, 0.1) is 5.82 Å². The Balaban J connectivity index is 2.43. The minimum absolute atomic E-state index is 0.0317. The molecule has 0 amide bonds. The first kappa shape index (κ1) is 12.9. The van der Waals surface area contributed by atoms with Gasteiger partial charge in [-0.1, -0.05) is 11.6 Å². The molecule has 0 spiro atoms. The van der Waals surface area contributed by atoms with Crippen LogP contribution in [-0.4, -0.2) is 5.11 Å². The van der Waals surface area contributed by atoms with Gasteiger partial charge in [0.1, 0.15) is 17.7 Å². The minimum Gasteiger partial charge on any atom is -0.447 e. The highest BCUT2D eigenvalue weighted by Crippen LogP contribution is 2.32. The zero-order valence-electron chi connectivity index (χ0n) is 8.25. The second kappa shape index (κ2) is 4.98. The van der Waals surface area contributed by atoms with E-state index in [0.29, 0.717) is 9.50 Å². The Hall–Kier alpha value is -0.550. The lowest BCUT2D eigenvalue weighted by Gasteiger charge is -2.10. The molecule has 1 unspecified atom stereocenters. The summed E-state index contributed by atoms with van der Waals surface area (Å²) in [6.07, 6.45) is -1.24. The molecule has 2 rings (SSSR count). The first-order valence-electron chi connectivity index (χ1n) is 4.57. The summed E-state index contributed by atoms with van der Waals surface area (Å²) in [6.45, 7) is 0. The molecule has 0 aliphatic rings. The molecule has 1 heterocycles. The predicted molar refractivity (Wildman–Crippen MR) is 66.9 cm³/mol. The molecular weight excluding hydrogens is 334 g/mol. The van der Waals surface area contributed by atoms with Gasteiger partial charge in [-0.3, -0.25) is 0 Å². The van der Waals surface area contributed by atoms with Gasteiger partial charge in [0.2, 0.25) is 0 Å². The van der Waals surface area contributed by atoms with Crippen LogP contribution in [0.25, 0.3) is 0 Å². The molecule has 90 valence electrons. The Labute approximate surface area is 115 Å². The van der Waals surface area contributed by atoms with E-state index in [2.05, 4.69) is 15.9 Å². The third kappa shape index (κ3) is 2.65. The van der Waals surface area contributed by atoms with E-state index < -0.39 is 11.9 Å². The van der Waals surface area contributed by atoms with Crippen LogP contribution in [0.5, 0.6) is 0 Å². The van der Waals surface area contributed by atoms with Crippen molar-refractivity contribution in [2.45, 2.75) is 6.10 Å². The summed E-state index contributed by atoms with van der Waals surface area (Å²) < 4.78 is 19.1. The fourth-order valence-electron chi connectivity index (χ4n) is 1.38. The Bertz CT molecular complexity index is 556. The number of furan rings is 1. The van der Waals surface area contributed by atoms with Gasteiger partial charge in [0.15, 0.2) is 5.22 Å². The van der Waals surface area contributed by atoms with Crippen LogP contribution < -0.4 is 0 Å². The van der Waals surface area contributed by atoms with E-state index in [1.54, 1.807) is 0 Å². The van der Waals surface area contributed by atoms with Crippen molar-refractivity contribution in [2.24, 2.45) is 0 Å². The van der Waals surface area contributed by atoms with Gasteiger partial charge in [-0.25, -0.2) is 4.39 Å². The number of benzene rings is 1. The maximum atomic E-state index is 13.7. The summed E-state index contributed by atoms with van der Waals surface area (Å²) in [5.41, 5.74) is 0.0317. The molecule has 0 saturated heterocycles. The van der Waals surface area contributed by atoms with E-state index in [-0.39, 0.29) is 16.5 Å².